The summed E-state index contributed by atoms with van der Waals surface area (Å²) in [5.41, 5.74) is 1.32. The van der Waals surface area contributed by atoms with Gasteiger partial charge < -0.3 is 4.74 Å². The predicted molar refractivity (Wildman–Crippen MR) is 98.4 cm³/mol. The molecular formula is C18H29N7O. The number of hydrogen-bond acceptors (Lipinski definition) is 7. The molecule has 8 heteroatoms. The maximum Gasteiger partial charge on any atom is 0.168 e. The Morgan fingerprint density at radius 2 is 1.92 bits per heavy atom. The molecule has 1 aliphatic heterocycles. The largest absolute Gasteiger partial charge is 0.383 e. The van der Waals surface area contributed by atoms with Crippen LogP contribution >= 0.6 is 0 Å². The summed E-state index contributed by atoms with van der Waals surface area (Å²) in [5, 5.41) is 12.4. The lowest BCUT2D eigenvalue weighted by Crippen LogP contribution is -2.47. The van der Waals surface area contributed by atoms with Gasteiger partial charge in [0.2, 0.25) is 0 Å². The van der Waals surface area contributed by atoms with Crippen molar-refractivity contribution < 1.29 is 4.74 Å². The third-order valence-electron chi connectivity index (χ3n) is 4.93. The average Bonchev–Trinajstić information content (AvgIpc) is 3.14. The normalized spacial score (nSPS) is 17.5. The van der Waals surface area contributed by atoms with Crippen LogP contribution in [0.25, 0.3) is 0 Å². The Labute approximate surface area is 155 Å². The van der Waals surface area contributed by atoms with Crippen molar-refractivity contribution in [1.29, 1.82) is 0 Å². The van der Waals surface area contributed by atoms with Crippen LogP contribution in [0.1, 0.15) is 37.2 Å². The fourth-order valence-electron chi connectivity index (χ4n) is 3.52. The second-order valence-electron chi connectivity index (χ2n) is 6.73. The molecule has 1 fully saturated rings. The van der Waals surface area contributed by atoms with Crippen molar-refractivity contribution in [2.24, 2.45) is 0 Å². The number of aromatic nitrogens is 5. The minimum Gasteiger partial charge on any atom is -0.383 e. The van der Waals surface area contributed by atoms with Gasteiger partial charge in [-0.1, -0.05) is 13.3 Å². The summed E-state index contributed by atoms with van der Waals surface area (Å²) >= 11 is 0. The van der Waals surface area contributed by atoms with E-state index >= 15 is 0 Å². The van der Waals surface area contributed by atoms with Crippen molar-refractivity contribution in [3.8, 4) is 0 Å². The number of nitrogens with zero attached hydrogens (tertiary/aromatic N) is 7. The second-order valence-corrected chi connectivity index (χ2v) is 6.73. The highest BCUT2D eigenvalue weighted by atomic mass is 16.5. The lowest BCUT2D eigenvalue weighted by atomic mass is 10.1. The molecule has 8 nitrogen and oxygen atoms in total. The van der Waals surface area contributed by atoms with Gasteiger partial charge in [-0.3, -0.25) is 14.8 Å². The van der Waals surface area contributed by atoms with Crippen molar-refractivity contribution in [3.05, 3.63) is 35.9 Å². The van der Waals surface area contributed by atoms with Gasteiger partial charge in [0.25, 0.3) is 0 Å². The first-order valence-corrected chi connectivity index (χ1v) is 9.42. The first kappa shape index (κ1) is 18.9. The van der Waals surface area contributed by atoms with Crippen LogP contribution in [0.15, 0.2) is 24.5 Å². The maximum absolute atomic E-state index is 5.18. The van der Waals surface area contributed by atoms with Gasteiger partial charge in [-0.25, -0.2) is 4.68 Å². The molecule has 0 aromatic carbocycles. The summed E-state index contributed by atoms with van der Waals surface area (Å²) in [7, 11) is 1.70. The van der Waals surface area contributed by atoms with E-state index in [4.69, 9.17) is 4.74 Å². The zero-order chi connectivity index (χ0) is 18.2. The Morgan fingerprint density at radius 1 is 1.15 bits per heavy atom. The quantitative estimate of drug-likeness (QED) is 0.669. The van der Waals surface area contributed by atoms with Crippen LogP contribution in [0.3, 0.4) is 0 Å². The summed E-state index contributed by atoms with van der Waals surface area (Å²) in [6.07, 6.45) is 5.90. The van der Waals surface area contributed by atoms with Crippen molar-refractivity contribution >= 4 is 0 Å². The van der Waals surface area contributed by atoms with Crippen LogP contribution in [0, 0.1) is 0 Å². The van der Waals surface area contributed by atoms with E-state index in [0.717, 1.165) is 51.4 Å². The molecule has 2 aromatic heterocycles. The predicted octanol–water partition coefficient (Wildman–Crippen LogP) is 1.37. The van der Waals surface area contributed by atoms with Gasteiger partial charge in [0, 0.05) is 52.2 Å². The SMILES string of the molecule is CCCC(c1nnnn1CCOC)N1CCN(Cc2ccncc2)CC1. The van der Waals surface area contributed by atoms with E-state index < -0.39 is 0 Å². The second kappa shape index (κ2) is 9.70. The summed E-state index contributed by atoms with van der Waals surface area (Å²) in [6, 6.07) is 4.46. The van der Waals surface area contributed by atoms with Crippen molar-refractivity contribution in [1.82, 2.24) is 35.0 Å². The Bertz CT molecular complexity index is 640. The van der Waals surface area contributed by atoms with Crippen molar-refractivity contribution in [3.63, 3.8) is 0 Å². The Kier molecular flexibility index (Phi) is 7.04. The van der Waals surface area contributed by atoms with Gasteiger partial charge in [-0.15, -0.1) is 5.10 Å². The fraction of sp³-hybridized carbons (Fsp3) is 0.667. The molecule has 142 valence electrons. The molecule has 26 heavy (non-hydrogen) atoms. The number of rotatable bonds is 9. The molecule has 0 spiro atoms. The van der Waals surface area contributed by atoms with E-state index in [1.54, 1.807) is 7.11 Å². The number of ether oxygens (including phenoxy) is 1. The third kappa shape index (κ3) is 4.84. The van der Waals surface area contributed by atoms with E-state index in [9.17, 15) is 0 Å². The molecule has 1 saturated heterocycles. The third-order valence-corrected chi connectivity index (χ3v) is 4.93. The standard InChI is InChI=1S/C18H29N7O/c1-3-4-17(18-20-21-22-25(18)13-14-26-2)24-11-9-23(10-12-24)15-16-5-7-19-8-6-16/h5-8,17H,3-4,9-15H2,1-2H3. The van der Waals surface area contributed by atoms with Crippen molar-refractivity contribution in [2.45, 2.75) is 38.9 Å². The van der Waals surface area contributed by atoms with Crippen LogP contribution in [-0.4, -0.2) is 74.9 Å². The first-order valence-electron chi connectivity index (χ1n) is 9.42. The van der Waals surface area contributed by atoms with Gasteiger partial charge in [0.1, 0.15) is 0 Å². The summed E-state index contributed by atoms with van der Waals surface area (Å²) < 4.78 is 7.08. The molecule has 2 aromatic rings. The Morgan fingerprint density at radius 3 is 2.62 bits per heavy atom. The number of hydrogen-bond donors (Lipinski definition) is 0. The fourth-order valence-corrected chi connectivity index (χ4v) is 3.52. The lowest BCUT2D eigenvalue weighted by molar-refractivity contribution is 0.0807. The Balaban J connectivity index is 1.61. The highest BCUT2D eigenvalue weighted by Gasteiger charge is 2.28. The van der Waals surface area contributed by atoms with Crippen LogP contribution in [-0.2, 0) is 17.8 Å². The minimum absolute atomic E-state index is 0.273. The van der Waals surface area contributed by atoms with Crippen LogP contribution < -0.4 is 0 Å². The monoisotopic (exact) mass is 359 g/mol. The molecular weight excluding hydrogens is 330 g/mol. The van der Waals surface area contributed by atoms with Gasteiger partial charge in [0.15, 0.2) is 5.82 Å². The van der Waals surface area contributed by atoms with Gasteiger partial charge in [0.05, 0.1) is 19.2 Å². The lowest BCUT2D eigenvalue weighted by Gasteiger charge is -2.38. The smallest absolute Gasteiger partial charge is 0.168 e. The maximum atomic E-state index is 5.18. The summed E-state index contributed by atoms with van der Waals surface area (Å²) in [4.78, 5) is 9.13. The van der Waals surface area contributed by atoms with E-state index in [1.165, 1.54) is 5.56 Å². The first-order chi connectivity index (χ1) is 12.8. The van der Waals surface area contributed by atoms with Crippen LogP contribution in [0.5, 0.6) is 0 Å². The van der Waals surface area contributed by atoms with E-state index in [1.807, 2.05) is 17.1 Å². The molecule has 0 amide bonds. The van der Waals surface area contributed by atoms with Crippen LogP contribution in [0.2, 0.25) is 0 Å². The van der Waals surface area contributed by atoms with Gasteiger partial charge >= 0.3 is 0 Å². The summed E-state index contributed by atoms with van der Waals surface area (Å²) in [6.45, 7) is 8.71. The average molecular weight is 359 g/mol. The molecule has 1 atom stereocenters. The molecule has 0 N–H and O–H groups in total. The zero-order valence-electron chi connectivity index (χ0n) is 15.8. The molecule has 0 bridgehead atoms. The number of pyridine rings is 1. The minimum atomic E-state index is 0.273. The van der Waals surface area contributed by atoms with Crippen molar-refractivity contribution in [2.75, 3.05) is 39.9 Å². The Hall–Kier alpha value is -1.90. The summed E-state index contributed by atoms with van der Waals surface area (Å²) in [5.74, 6) is 0.964. The molecule has 0 aliphatic carbocycles. The number of methoxy groups -OCH3 is 1. The number of tetrazole rings is 1. The van der Waals surface area contributed by atoms with E-state index in [-0.39, 0.29) is 6.04 Å². The van der Waals surface area contributed by atoms with E-state index in [2.05, 4.69) is 49.4 Å². The highest BCUT2D eigenvalue weighted by molar-refractivity contribution is 5.09. The molecule has 3 rings (SSSR count). The zero-order valence-corrected chi connectivity index (χ0v) is 15.8. The molecule has 1 unspecified atom stereocenters. The molecule has 3 heterocycles. The topological polar surface area (TPSA) is 72.2 Å². The van der Waals surface area contributed by atoms with E-state index in [0.29, 0.717) is 13.2 Å². The van der Waals surface area contributed by atoms with Crippen LogP contribution in [0.4, 0.5) is 0 Å². The highest BCUT2D eigenvalue weighted by Crippen LogP contribution is 2.25. The molecule has 0 saturated carbocycles. The van der Waals surface area contributed by atoms with Gasteiger partial charge in [-0.05, 0) is 34.5 Å². The van der Waals surface area contributed by atoms with Gasteiger partial charge in [-0.2, -0.15) is 0 Å². The molecule has 0 radical (unpaired) electrons. The molecule has 1 aliphatic rings. The number of piperazine rings is 1.